The van der Waals surface area contributed by atoms with Crippen molar-refractivity contribution >= 4 is 54.6 Å². The quantitative estimate of drug-likeness (QED) is 0.206. The predicted molar refractivity (Wildman–Crippen MR) is 150 cm³/mol. The number of hydrogen-bond acceptors (Lipinski definition) is 5. The van der Waals surface area contributed by atoms with E-state index in [2.05, 4.69) is 14.8 Å². The van der Waals surface area contributed by atoms with Crippen molar-refractivity contribution in [3.63, 3.8) is 0 Å². The van der Waals surface area contributed by atoms with Crippen LogP contribution in [-0.4, -0.2) is 22.7 Å². The first-order valence-corrected chi connectivity index (χ1v) is 15.0. The van der Waals surface area contributed by atoms with Gasteiger partial charge in [0.2, 0.25) is 0 Å². The van der Waals surface area contributed by atoms with Crippen LogP contribution in [0.25, 0.3) is 0 Å². The Bertz CT molecular complexity index is 1810. The summed E-state index contributed by atoms with van der Waals surface area (Å²) in [7, 11) is -8.29. The van der Waals surface area contributed by atoms with Crippen molar-refractivity contribution in [2.24, 2.45) is 0 Å². The molecule has 0 saturated heterocycles. The molecule has 0 aliphatic rings. The predicted octanol–water partition coefficient (Wildman–Crippen LogP) is 6.52. The molecule has 0 aromatic heterocycles. The molecule has 1 amide bonds. The van der Waals surface area contributed by atoms with Crippen molar-refractivity contribution < 1.29 is 34.8 Å². The molecule has 8 nitrogen and oxygen atoms in total. The molecule has 4 rings (SSSR count). The monoisotopic (exact) mass is 623 g/mol. The Labute approximate surface area is 239 Å². The van der Waals surface area contributed by atoms with Crippen molar-refractivity contribution in [2.45, 2.75) is 22.9 Å². The van der Waals surface area contributed by atoms with Gasteiger partial charge in [-0.05, 0) is 73.7 Å². The number of sulfonamides is 2. The number of rotatable bonds is 8. The van der Waals surface area contributed by atoms with Crippen LogP contribution in [0.5, 0.6) is 0 Å². The van der Waals surface area contributed by atoms with Gasteiger partial charge in [0.05, 0.1) is 31.6 Å². The molecule has 41 heavy (non-hydrogen) atoms. The summed E-state index contributed by atoms with van der Waals surface area (Å²) in [6.07, 6.45) is -4.78. The first kappa shape index (κ1) is 29.9. The summed E-state index contributed by atoms with van der Waals surface area (Å²) < 4.78 is 95.0. The van der Waals surface area contributed by atoms with Gasteiger partial charge in [-0.15, -0.1) is 0 Å². The normalized spacial score (nSPS) is 12.0. The molecule has 0 bridgehead atoms. The van der Waals surface area contributed by atoms with Crippen molar-refractivity contribution in [2.75, 3.05) is 14.8 Å². The number of amides is 1. The van der Waals surface area contributed by atoms with Crippen molar-refractivity contribution in [3.05, 3.63) is 113 Å². The van der Waals surface area contributed by atoms with E-state index in [1.165, 1.54) is 36.4 Å². The molecule has 4 aromatic carbocycles. The third kappa shape index (κ3) is 7.17. The number of hydrogen-bond donors (Lipinski definition) is 3. The fraction of sp³-hybridized carbons (Fsp3) is 0.0741. The summed E-state index contributed by atoms with van der Waals surface area (Å²) in [5, 5.41) is 1.98. The number of para-hydroxylation sites is 1. The lowest BCUT2D eigenvalue weighted by atomic mass is 10.1. The Balaban J connectivity index is 1.50. The topological polar surface area (TPSA) is 121 Å². The molecule has 14 heteroatoms. The van der Waals surface area contributed by atoms with E-state index in [4.69, 9.17) is 11.6 Å². The first-order valence-electron chi connectivity index (χ1n) is 11.7. The molecule has 4 aromatic rings. The van der Waals surface area contributed by atoms with Crippen LogP contribution in [0.3, 0.4) is 0 Å². The number of benzene rings is 4. The molecular weight excluding hydrogens is 603 g/mol. The smallest absolute Gasteiger partial charge is 0.322 e. The van der Waals surface area contributed by atoms with Crippen molar-refractivity contribution in [1.82, 2.24) is 0 Å². The van der Waals surface area contributed by atoms with Crippen LogP contribution in [0.2, 0.25) is 5.02 Å². The minimum atomic E-state index is -4.78. The highest BCUT2D eigenvalue weighted by molar-refractivity contribution is 7.93. The third-order valence-corrected chi connectivity index (χ3v) is 8.80. The minimum absolute atomic E-state index is 0.00441. The number of alkyl halides is 3. The number of anilines is 3. The van der Waals surface area contributed by atoms with Crippen LogP contribution in [-0.2, 0) is 26.2 Å². The Kier molecular flexibility index (Phi) is 8.34. The van der Waals surface area contributed by atoms with Crippen LogP contribution in [0, 0.1) is 6.92 Å². The Morgan fingerprint density at radius 3 is 1.88 bits per heavy atom. The van der Waals surface area contributed by atoms with Gasteiger partial charge in [-0.3, -0.25) is 14.2 Å². The molecule has 0 unspecified atom stereocenters. The van der Waals surface area contributed by atoms with Gasteiger partial charge >= 0.3 is 6.18 Å². The standard InChI is InChI=1S/C27H21ClF3N3O5S2/c1-17-6-11-20(12-7-17)41(38,39)34-25-5-3-2-4-22(25)26(35)32-18-8-13-21(14-9-18)40(36,37)33-19-10-15-24(28)23(16-19)27(29,30)31/h2-16,33-34H,1H3,(H,32,35). The van der Waals surface area contributed by atoms with E-state index in [-0.39, 0.29) is 32.4 Å². The minimum Gasteiger partial charge on any atom is -0.322 e. The van der Waals surface area contributed by atoms with Gasteiger partial charge in [0.15, 0.2) is 0 Å². The summed E-state index contributed by atoms with van der Waals surface area (Å²) in [5.74, 6) is -0.679. The Hall–Kier alpha value is -4.07. The fourth-order valence-corrected chi connectivity index (χ4v) is 5.98. The Morgan fingerprint density at radius 2 is 1.27 bits per heavy atom. The summed E-state index contributed by atoms with van der Waals surface area (Å²) in [4.78, 5) is 12.7. The van der Waals surface area contributed by atoms with Gasteiger partial charge in [0, 0.05) is 11.4 Å². The summed E-state index contributed by atoms with van der Waals surface area (Å²) in [5.41, 5.74) is -0.461. The van der Waals surface area contributed by atoms with E-state index in [1.54, 1.807) is 24.3 Å². The molecule has 0 heterocycles. The molecule has 0 spiro atoms. The van der Waals surface area contributed by atoms with Crippen LogP contribution in [0.1, 0.15) is 21.5 Å². The lowest BCUT2D eigenvalue weighted by molar-refractivity contribution is -0.137. The molecule has 0 aliphatic carbocycles. The highest BCUT2D eigenvalue weighted by Gasteiger charge is 2.33. The van der Waals surface area contributed by atoms with E-state index >= 15 is 0 Å². The number of carbonyl (C=O) groups excluding carboxylic acids is 1. The summed E-state index contributed by atoms with van der Waals surface area (Å²) in [6.45, 7) is 1.81. The van der Waals surface area contributed by atoms with Gasteiger partial charge in [0.1, 0.15) is 0 Å². The second-order valence-electron chi connectivity index (χ2n) is 8.74. The third-order valence-electron chi connectivity index (χ3n) is 5.69. The highest BCUT2D eigenvalue weighted by Crippen LogP contribution is 2.36. The number of carbonyl (C=O) groups is 1. The lowest BCUT2D eigenvalue weighted by Crippen LogP contribution is -2.18. The van der Waals surface area contributed by atoms with Crippen molar-refractivity contribution in [3.8, 4) is 0 Å². The molecule has 0 radical (unpaired) electrons. The zero-order valence-electron chi connectivity index (χ0n) is 21.0. The second kappa shape index (κ2) is 11.4. The van der Waals surface area contributed by atoms with Gasteiger partial charge in [0.25, 0.3) is 26.0 Å². The Morgan fingerprint density at radius 1 is 0.732 bits per heavy atom. The van der Waals surface area contributed by atoms with E-state index in [1.807, 2.05) is 6.92 Å². The number of aryl methyl sites for hydroxylation is 1. The highest BCUT2D eigenvalue weighted by atomic mass is 35.5. The number of halogens is 4. The van der Waals surface area contributed by atoms with E-state index in [0.717, 1.165) is 29.8 Å². The van der Waals surface area contributed by atoms with Crippen LogP contribution < -0.4 is 14.8 Å². The van der Waals surface area contributed by atoms with E-state index in [0.29, 0.717) is 6.07 Å². The average molecular weight is 624 g/mol. The zero-order valence-corrected chi connectivity index (χ0v) is 23.4. The maximum absolute atomic E-state index is 13.1. The summed E-state index contributed by atoms with van der Waals surface area (Å²) >= 11 is 5.58. The van der Waals surface area contributed by atoms with Gasteiger partial charge in [-0.2, -0.15) is 13.2 Å². The molecular formula is C27H21ClF3N3O5S2. The van der Waals surface area contributed by atoms with Crippen molar-refractivity contribution in [1.29, 1.82) is 0 Å². The largest absolute Gasteiger partial charge is 0.417 e. The van der Waals surface area contributed by atoms with E-state index in [9.17, 15) is 34.8 Å². The second-order valence-corrected chi connectivity index (χ2v) is 12.5. The van der Waals surface area contributed by atoms with Crippen LogP contribution in [0.15, 0.2) is 101 Å². The maximum atomic E-state index is 13.1. The molecule has 214 valence electrons. The molecule has 0 aliphatic heterocycles. The molecule has 0 saturated carbocycles. The van der Waals surface area contributed by atoms with Crippen LogP contribution in [0.4, 0.5) is 30.2 Å². The zero-order chi connectivity index (χ0) is 30.0. The van der Waals surface area contributed by atoms with Gasteiger partial charge in [-0.1, -0.05) is 41.4 Å². The molecule has 0 fully saturated rings. The summed E-state index contributed by atoms with van der Waals surface area (Å²) in [6, 6.07) is 19.5. The maximum Gasteiger partial charge on any atom is 0.417 e. The van der Waals surface area contributed by atoms with Gasteiger partial charge < -0.3 is 5.32 Å². The SMILES string of the molecule is Cc1ccc(S(=O)(=O)Nc2ccccc2C(=O)Nc2ccc(S(=O)(=O)Nc3ccc(Cl)c(C(F)(F)F)c3)cc2)cc1. The lowest BCUT2D eigenvalue weighted by Gasteiger charge is -2.14. The molecule has 0 atom stereocenters. The average Bonchev–Trinajstić information content (AvgIpc) is 2.89. The number of nitrogens with one attached hydrogen (secondary N) is 3. The van der Waals surface area contributed by atoms with E-state index < -0.39 is 42.7 Å². The van der Waals surface area contributed by atoms with Gasteiger partial charge in [-0.25, -0.2) is 16.8 Å². The fourth-order valence-electron chi connectivity index (χ4n) is 3.63. The molecule has 3 N–H and O–H groups in total. The van der Waals surface area contributed by atoms with Crippen LogP contribution >= 0.6 is 11.6 Å². The first-order chi connectivity index (χ1) is 19.2.